The summed E-state index contributed by atoms with van der Waals surface area (Å²) in [6.45, 7) is 2.29. The molecule has 0 aromatic carbocycles. The number of aromatic nitrogens is 1. The maximum Gasteiger partial charge on any atom is 0.303 e. The van der Waals surface area contributed by atoms with E-state index < -0.39 is 16.0 Å². The molecule has 3 aliphatic carbocycles. The van der Waals surface area contributed by atoms with E-state index in [4.69, 9.17) is 19.2 Å². The highest BCUT2D eigenvalue weighted by Gasteiger charge is 2.34. The number of rotatable bonds is 12. The second-order valence-electron chi connectivity index (χ2n) is 11.5. The lowest BCUT2D eigenvalue weighted by Crippen LogP contribution is -2.32. The molecule has 3 atom stereocenters. The van der Waals surface area contributed by atoms with E-state index in [9.17, 15) is 18.0 Å². The van der Waals surface area contributed by atoms with Gasteiger partial charge in [-0.2, -0.15) is 4.98 Å². The number of carbonyl (C=O) groups is 2. The van der Waals surface area contributed by atoms with E-state index in [1.165, 1.54) is 4.31 Å². The van der Waals surface area contributed by atoms with Crippen molar-refractivity contribution in [3.05, 3.63) is 53.3 Å². The quantitative estimate of drug-likeness (QED) is 0.252. The average Bonchev–Trinajstić information content (AvgIpc) is 3.72. The molecule has 0 bridgehead atoms. The highest BCUT2D eigenvalue weighted by molar-refractivity contribution is 7.92. The second-order valence-corrected chi connectivity index (χ2v) is 13.4. The lowest BCUT2D eigenvalue weighted by atomic mass is 9.94. The van der Waals surface area contributed by atoms with E-state index in [0.29, 0.717) is 41.9 Å². The van der Waals surface area contributed by atoms with Crippen molar-refractivity contribution in [2.24, 2.45) is 5.92 Å². The van der Waals surface area contributed by atoms with Crippen molar-refractivity contribution in [3.8, 4) is 0 Å². The molecule has 2 N–H and O–H groups in total. The summed E-state index contributed by atoms with van der Waals surface area (Å²) in [6, 6.07) is 1.85. The van der Waals surface area contributed by atoms with Gasteiger partial charge in [0.05, 0.1) is 29.4 Å². The summed E-state index contributed by atoms with van der Waals surface area (Å²) in [5.74, 6) is 0.0449. The van der Waals surface area contributed by atoms with Crippen molar-refractivity contribution in [2.45, 2.75) is 76.4 Å². The zero-order valence-corrected chi connectivity index (χ0v) is 25.2. The summed E-state index contributed by atoms with van der Waals surface area (Å²) >= 11 is 0. The van der Waals surface area contributed by atoms with Crippen LogP contribution in [0.3, 0.4) is 0 Å². The number of allylic oxidation sites excluding steroid dienone is 3. The molecule has 0 aliphatic heterocycles. The fourth-order valence-electron chi connectivity index (χ4n) is 5.72. The molecule has 0 radical (unpaired) electrons. The number of nitrogens with one attached hydrogen (secondary N) is 1. The number of ether oxygens (including phenoxy) is 1. The van der Waals surface area contributed by atoms with Crippen LogP contribution in [0.5, 0.6) is 0 Å². The SMILES string of the molecule is CNC(=O)c1c(C2=CCC(OC3CC=CC(C)C3)C=C2)oc2nc(N(CCCCC(=O)O)S(C)(=O)=O)c(C3CC3)cc12. The van der Waals surface area contributed by atoms with Crippen molar-refractivity contribution in [3.63, 3.8) is 0 Å². The molecule has 0 saturated heterocycles. The highest BCUT2D eigenvalue weighted by atomic mass is 32.2. The number of unbranched alkanes of at least 4 members (excludes halogenated alkanes) is 1. The first kappa shape index (κ1) is 30.0. The minimum Gasteiger partial charge on any atom is -0.481 e. The van der Waals surface area contributed by atoms with Crippen LogP contribution in [0.4, 0.5) is 5.82 Å². The molecule has 2 heterocycles. The van der Waals surface area contributed by atoms with Gasteiger partial charge in [-0.05, 0) is 68.4 Å². The Morgan fingerprint density at radius 1 is 1.21 bits per heavy atom. The van der Waals surface area contributed by atoms with Crippen molar-refractivity contribution in [1.82, 2.24) is 10.3 Å². The van der Waals surface area contributed by atoms with Gasteiger partial charge < -0.3 is 19.6 Å². The van der Waals surface area contributed by atoms with Crippen LogP contribution >= 0.6 is 0 Å². The molecular formula is C31H39N3O7S. The van der Waals surface area contributed by atoms with Gasteiger partial charge in [0.15, 0.2) is 0 Å². The predicted molar refractivity (Wildman–Crippen MR) is 161 cm³/mol. The molecule has 1 amide bonds. The lowest BCUT2D eigenvalue weighted by Gasteiger charge is -2.27. The summed E-state index contributed by atoms with van der Waals surface area (Å²) in [7, 11) is -2.16. The van der Waals surface area contributed by atoms with Crippen molar-refractivity contribution in [1.29, 1.82) is 0 Å². The largest absolute Gasteiger partial charge is 0.481 e. The third-order valence-electron chi connectivity index (χ3n) is 7.99. The van der Waals surface area contributed by atoms with Gasteiger partial charge >= 0.3 is 5.97 Å². The maximum atomic E-state index is 13.2. The topological polar surface area (TPSA) is 139 Å². The van der Waals surface area contributed by atoms with E-state index in [1.54, 1.807) is 7.05 Å². The zero-order valence-electron chi connectivity index (χ0n) is 24.3. The van der Waals surface area contributed by atoms with E-state index in [2.05, 4.69) is 24.4 Å². The molecule has 1 saturated carbocycles. The number of sulfonamides is 1. The van der Waals surface area contributed by atoms with Gasteiger partial charge in [0.25, 0.3) is 5.91 Å². The Bertz CT molecular complexity index is 1550. The number of aliphatic carboxylic acids is 1. The first-order valence-corrected chi connectivity index (χ1v) is 16.5. The standard InChI is InChI=1S/C31H39N3O7S/c1-19-7-6-8-23(17-19)40-22-14-12-21(13-15-22)28-27(30(37)32-2)25-18-24(20-10-11-20)29(33-31(25)41-28)34(42(3,38)39)16-5-4-9-26(35)36/h6-7,12-14,18-20,22-23H,4-5,8-11,15-17H2,1-3H3,(H,32,37)(H,35,36). The van der Waals surface area contributed by atoms with Gasteiger partial charge in [-0.1, -0.05) is 37.3 Å². The van der Waals surface area contributed by atoms with Gasteiger partial charge in [-0.25, -0.2) is 8.42 Å². The zero-order chi connectivity index (χ0) is 30.0. The minimum atomic E-state index is -3.72. The molecule has 3 unspecified atom stereocenters. The van der Waals surface area contributed by atoms with Gasteiger partial charge in [-0.3, -0.25) is 13.9 Å². The monoisotopic (exact) mass is 597 g/mol. The van der Waals surface area contributed by atoms with E-state index in [1.807, 2.05) is 24.3 Å². The van der Waals surface area contributed by atoms with Crippen molar-refractivity contribution >= 4 is 44.4 Å². The van der Waals surface area contributed by atoms with E-state index in [-0.39, 0.29) is 48.5 Å². The van der Waals surface area contributed by atoms with E-state index >= 15 is 0 Å². The fourth-order valence-corrected chi connectivity index (χ4v) is 6.64. The Labute approximate surface area is 246 Å². The molecule has 3 aliphatic rings. The van der Waals surface area contributed by atoms with Crippen LogP contribution < -0.4 is 9.62 Å². The predicted octanol–water partition coefficient (Wildman–Crippen LogP) is 5.17. The number of fused-ring (bicyclic) bond motifs is 1. The molecule has 11 heteroatoms. The number of carboxylic acids is 1. The van der Waals surface area contributed by atoms with Gasteiger partial charge in [0, 0.05) is 25.6 Å². The molecule has 1 fully saturated rings. The molecule has 5 rings (SSSR count). The first-order chi connectivity index (χ1) is 20.0. The Morgan fingerprint density at radius 2 is 2.00 bits per heavy atom. The van der Waals surface area contributed by atoms with Crippen LogP contribution in [-0.4, -0.2) is 62.4 Å². The normalized spacial score (nSPS) is 22.3. The summed E-state index contributed by atoms with van der Waals surface area (Å²) in [4.78, 5) is 28.9. The van der Waals surface area contributed by atoms with Crippen LogP contribution in [0, 0.1) is 5.92 Å². The number of anilines is 1. The van der Waals surface area contributed by atoms with Crippen LogP contribution in [0.2, 0.25) is 0 Å². The third kappa shape index (κ3) is 6.78. The van der Waals surface area contributed by atoms with Gasteiger partial charge in [0.1, 0.15) is 11.6 Å². The second kappa shape index (κ2) is 12.4. The van der Waals surface area contributed by atoms with E-state index in [0.717, 1.165) is 43.1 Å². The number of carboxylic acid groups (broad SMARTS) is 1. The number of hydrogen-bond acceptors (Lipinski definition) is 7. The summed E-state index contributed by atoms with van der Waals surface area (Å²) in [5.41, 5.74) is 2.03. The molecule has 0 spiro atoms. The minimum absolute atomic E-state index is 0.0397. The van der Waals surface area contributed by atoms with Gasteiger partial charge in [0.2, 0.25) is 15.7 Å². The molecular weight excluding hydrogens is 558 g/mol. The number of furan rings is 1. The lowest BCUT2D eigenvalue weighted by molar-refractivity contribution is -0.137. The van der Waals surface area contributed by atoms with Crippen LogP contribution in [-0.2, 0) is 19.6 Å². The maximum absolute atomic E-state index is 13.2. The number of amides is 1. The molecule has 42 heavy (non-hydrogen) atoms. The van der Waals surface area contributed by atoms with Crippen molar-refractivity contribution in [2.75, 3.05) is 24.2 Å². The number of carbonyl (C=O) groups excluding carboxylic acids is 1. The number of nitrogens with zero attached hydrogens (tertiary/aromatic N) is 2. The summed E-state index contributed by atoms with van der Waals surface area (Å²) in [5, 5.41) is 12.2. The Balaban J connectivity index is 1.48. The van der Waals surface area contributed by atoms with Crippen LogP contribution in [0.1, 0.15) is 85.9 Å². The average molecular weight is 598 g/mol. The smallest absolute Gasteiger partial charge is 0.303 e. The number of pyridine rings is 1. The molecule has 2 aromatic rings. The first-order valence-electron chi connectivity index (χ1n) is 14.6. The third-order valence-corrected chi connectivity index (χ3v) is 9.15. The highest BCUT2D eigenvalue weighted by Crippen LogP contribution is 2.46. The van der Waals surface area contributed by atoms with Crippen LogP contribution in [0.25, 0.3) is 16.7 Å². The molecule has 10 nitrogen and oxygen atoms in total. The summed E-state index contributed by atoms with van der Waals surface area (Å²) < 4.78 is 39.6. The van der Waals surface area contributed by atoms with Gasteiger partial charge in [-0.15, -0.1) is 0 Å². The Hall–Kier alpha value is -3.44. The molecule has 226 valence electrons. The Kier molecular flexibility index (Phi) is 8.89. The van der Waals surface area contributed by atoms with Crippen LogP contribution in [0.15, 0.2) is 40.9 Å². The fraction of sp³-hybridized carbons (Fsp3) is 0.516. The number of hydrogen-bond donors (Lipinski definition) is 2. The molecule has 2 aromatic heterocycles. The summed E-state index contributed by atoms with van der Waals surface area (Å²) in [6.07, 6.45) is 16.5. The van der Waals surface area contributed by atoms with Crippen molar-refractivity contribution < 1.29 is 32.3 Å². The Morgan fingerprint density at radius 3 is 2.62 bits per heavy atom.